The van der Waals surface area contributed by atoms with Gasteiger partial charge in [-0.3, -0.25) is 10.1 Å². The molecule has 0 aliphatic rings. The predicted molar refractivity (Wildman–Crippen MR) is 166 cm³/mol. The zero-order valence-electron chi connectivity index (χ0n) is 21.7. The summed E-state index contributed by atoms with van der Waals surface area (Å²) in [5.41, 5.74) is 5.13. The van der Waals surface area contributed by atoms with Crippen molar-refractivity contribution in [2.24, 2.45) is 0 Å². The van der Waals surface area contributed by atoms with Gasteiger partial charge in [-0.15, -0.1) is 0 Å². The zero-order valence-corrected chi connectivity index (χ0v) is 24.0. The summed E-state index contributed by atoms with van der Waals surface area (Å²) in [5, 5.41) is 6.80. The van der Waals surface area contributed by atoms with E-state index in [1.165, 1.54) is 11.6 Å². The lowest BCUT2D eigenvalue weighted by Crippen LogP contribution is -2.32. The molecule has 202 valence electrons. The van der Waals surface area contributed by atoms with Crippen LogP contribution in [0.5, 0.6) is 0 Å². The molecular formula is C31H25Cl2N3O3S. The largest absolute Gasteiger partial charge is 0.457 e. The first-order valence-electron chi connectivity index (χ1n) is 12.6. The molecular weight excluding hydrogens is 565 g/mol. The normalized spacial score (nSPS) is 12.1. The summed E-state index contributed by atoms with van der Waals surface area (Å²) in [6.45, 7) is 4.37. The van der Waals surface area contributed by atoms with Gasteiger partial charge in [-0.1, -0.05) is 43.1 Å². The van der Waals surface area contributed by atoms with Gasteiger partial charge >= 0.3 is 0 Å². The van der Waals surface area contributed by atoms with Crippen LogP contribution in [0, 0.1) is 0 Å². The number of benzene rings is 3. The van der Waals surface area contributed by atoms with Crippen LogP contribution in [0.15, 0.2) is 87.7 Å². The minimum Gasteiger partial charge on any atom is -0.457 e. The molecule has 0 saturated carbocycles. The third-order valence-corrected chi connectivity index (χ3v) is 7.03. The number of hydrogen-bond donors (Lipinski definition) is 2. The van der Waals surface area contributed by atoms with Gasteiger partial charge in [-0.2, -0.15) is 0 Å². The molecule has 2 heterocycles. The Bertz CT molecular complexity index is 1700. The molecule has 1 atom stereocenters. The third kappa shape index (κ3) is 6.62. The van der Waals surface area contributed by atoms with Gasteiger partial charge in [-0.05, 0) is 103 Å². The van der Waals surface area contributed by atoms with Crippen LogP contribution in [0.1, 0.15) is 37.5 Å². The summed E-state index contributed by atoms with van der Waals surface area (Å²) in [4.78, 5) is 17.0. The molecule has 5 aromatic rings. The number of aromatic nitrogens is 1. The molecule has 5 rings (SSSR count). The molecule has 3 aromatic carbocycles. The van der Waals surface area contributed by atoms with E-state index in [9.17, 15) is 4.79 Å². The fourth-order valence-electron chi connectivity index (χ4n) is 4.07. The summed E-state index contributed by atoms with van der Waals surface area (Å²) < 4.78 is 11.7. The molecule has 9 heteroatoms. The smallest absolute Gasteiger partial charge is 0.250 e. The van der Waals surface area contributed by atoms with Crippen molar-refractivity contribution in [1.29, 1.82) is 0 Å². The first kappa shape index (κ1) is 27.6. The van der Waals surface area contributed by atoms with Crippen molar-refractivity contribution in [3.63, 3.8) is 0 Å². The van der Waals surface area contributed by atoms with Gasteiger partial charge in [-0.25, -0.2) is 4.98 Å². The van der Waals surface area contributed by atoms with E-state index in [1.807, 2.05) is 30.3 Å². The maximum atomic E-state index is 12.4. The highest BCUT2D eigenvalue weighted by Crippen LogP contribution is 2.30. The highest BCUT2D eigenvalue weighted by molar-refractivity contribution is 7.80. The molecule has 40 heavy (non-hydrogen) atoms. The van der Waals surface area contributed by atoms with Crippen LogP contribution in [0.4, 0.5) is 5.69 Å². The molecule has 0 spiro atoms. The van der Waals surface area contributed by atoms with Crippen LogP contribution < -0.4 is 10.6 Å². The van der Waals surface area contributed by atoms with Crippen molar-refractivity contribution in [2.45, 2.75) is 26.2 Å². The summed E-state index contributed by atoms with van der Waals surface area (Å²) in [6.07, 6.45) is 3.95. The van der Waals surface area contributed by atoms with Gasteiger partial charge in [0.05, 0.1) is 0 Å². The molecule has 1 amide bonds. The van der Waals surface area contributed by atoms with E-state index in [1.54, 1.807) is 36.4 Å². The molecule has 0 fully saturated rings. The number of nitrogens with one attached hydrogen (secondary N) is 2. The number of rotatable bonds is 7. The third-order valence-electron chi connectivity index (χ3n) is 6.39. The fraction of sp³-hybridized carbons (Fsp3) is 0.129. The van der Waals surface area contributed by atoms with Crippen LogP contribution in [-0.4, -0.2) is 16.0 Å². The molecule has 2 N–H and O–H groups in total. The average Bonchev–Trinajstić information content (AvgIpc) is 3.58. The molecule has 0 aliphatic heterocycles. The Morgan fingerprint density at radius 1 is 0.975 bits per heavy atom. The Kier molecular flexibility index (Phi) is 8.35. The SMILES string of the molecule is CCC(C)c1ccc2oc(-c3ccc(NC(=S)NC(=O)/C=C/c4ccc(-c5cc(Cl)cc(Cl)c5)o4)cc3)nc2c1. The maximum Gasteiger partial charge on any atom is 0.250 e. The van der Waals surface area contributed by atoms with Crippen molar-refractivity contribution in [2.75, 3.05) is 5.32 Å². The number of amides is 1. The second kappa shape index (κ2) is 12.1. The van der Waals surface area contributed by atoms with Gasteiger partial charge in [0.1, 0.15) is 17.0 Å². The molecule has 0 radical (unpaired) electrons. The Hall–Kier alpha value is -3.91. The van der Waals surface area contributed by atoms with E-state index in [4.69, 9.17) is 44.3 Å². The van der Waals surface area contributed by atoms with Crippen LogP contribution in [0.2, 0.25) is 10.0 Å². The predicted octanol–water partition coefficient (Wildman–Crippen LogP) is 9.10. The molecule has 0 saturated heterocycles. The van der Waals surface area contributed by atoms with Gasteiger partial charge < -0.3 is 14.2 Å². The number of carbonyl (C=O) groups is 1. The number of oxazole rings is 1. The van der Waals surface area contributed by atoms with Crippen LogP contribution >= 0.6 is 35.4 Å². The molecule has 0 aliphatic carbocycles. The van der Waals surface area contributed by atoms with E-state index >= 15 is 0 Å². The number of fused-ring (bicyclic) bond motifs is 1. The number of halogens is 2. The molecule has 0 bridgehead atoms. The van der Waals surface area contributed by atoms with Crippen molar-refractivity contribution in [3.05, 3.63) is 100 Å². The minimum absolute atomic E-state index is 0.163. The number of anilines is 1. The quantitative estimate of drug-likeness (QED) is 0.145. The Labute approximate surface area is 247 Å². The highest BCUT2D eigenvalue weighted by Gasteiger charge is 2.12. The fourth-order valence-corrected chi connectivity index (χ4v) is 4.82. The van der Waals surface area contributed by atoms with E-state index in [2.05, 4.69) is 41.6 Å². The molecule has 1 unspecified atom stereocenters. The Morgan fingerprint density at radius 3 is 2.45 bits per heavy atom. The lowest BCUT2D eigenvalue weighted by atomic mass is 9.98. The topological polar surface area (TPSA) is 80.3 Å². The number of carbonyl (C=O) groups excluding carboxylic acids is 1. The van der Waals surface area contributed by atoms with E-state index < -0.39 is 5.91 Å². The second-order valence-corrected chi connectivity index (χ2v) is 10.6. The van der Waals surface area contributed by atoms with Gasteiger partial charge in [0.15, 0.2) is 10.7 Å². The maximum absolute atomic E-state index is 12.4. The van der Waals surface area contributed by atoms with E-state index in [0.717, 1.165) is 28.6 Å². The summed E-state index contributed by atoms with van der Waals surface area (Å²) in [7, 11) is 0. The zero-order chi connectivity index (χ0) is 28.2. The van der Waals surface area contributed by atoms with Crippen molar-refractivity contribution < 1.29 is 13.6 Å². The van der Waals surface area contributed by atoms with Crippen molar-refractivity contribution in [1.82, 2.24) is 10.3 Å². The minimum atomic E-state index is -0.402. The van der Waals surface area contributed by atoms with Crippen LogP contribution in [-0.2, 0) is 4.79 Å². The Balaban J connectivity index is 1.17. The summed E-state index contributed by atoms with van der Waals surface area (Å²) >= 11 is 17.4. The van der Waals surface area contributed by atoms with Crippen molar-refractivity contribution >= 4 is 69.3 Å². The van der Waals surface area contributed by atoms with Gasteiger partial charge in [0.2, 0.25) is 11.8 Å². The second-order valence-electron chi connectivity index (χ2n) is 9.27. The standard InChI is InChI=1S/C31H25Cl2N3O3S/c1-3-18(2)20-6-11-28-26(16-20)35-30(39-28)19-4-7-24(8-5-19)34-31(40)36-29(37)13-10-25-9-12-27(38-25)21-14-22(32)17-23(33)15-21/h4-18H,3H2,1-2H3,(H2,34,36,37,40)/b13-10+. The lowest BCUT2D eigenvalue weighted by Gasteiger charge is -2.08. The monoisotopic (exact) mass is 589 g/mol. The van der Waals surface area contributed by atoms with Crippen LogP contribution in [0.25, 0.3) is 40.0 Å². The number of hydrogen-bond acceptors (Lipinski definition) is 5. The van der Waals surface area contributed by atoms with Crippen LogP contribution in [0.3, 0.4) is 0 Å². The first-order valence-corrected chi connectivity index (χ1v) is 13.8. The highest BCUT2D eigenvalue weighted by atomic mass is 35.5. The molecule has 6 nitrogen and oxygen atoms in total. The van der Waals surface area contributed by atoms with Gasteiger partial charge in [0.25, 0.3) is 0 Å². The molecule has 2 aromatic heterocycles. The van der Waals surface area contributed by atoms with E-state index in [0.29, 0.717) is 39.1 Å². The number of nitrogens with zero attached hydrogens (tertiary/aromatic N) is 1. The first-order chi connectivity index (χ1) is 19.3. The number of thiocarbonyl (C=S) groups is 1. The number of furan rings is 1. The van der Waals surface area contributed by atoms with Gasteiger partial charge in [0, 0.05) is 32.9 Å². The van der Waals surface area contributed by atoms with Crippen molar-refractivity contribution in [3.8, 4) is 22.8 Å². The van der Waals surface area contributed by atoms with E-state index in [-0.39, 0.29) is 5.11 Å². The summed E-state index contributed by atoms with van der Waals surface area (Å²) in [6, 6.07) is 22.3. The Morgan fingerprint density at radius 2 is 1.73 bits per heavy atom. The average molecular weight is 591 g/mol. The lowest BCUT2D eigenvalue weighted by molar-refractivity contribution is -0.115. The summed E-state index contributed by atoms with van der Waals surface area (Å²) in [5.74, 6) is 1.68.